The second kappa shape index (κ2) is 3.27. The first-order valence-electron chi connectivity index (χ1n) is 5.91. The quantitative estimate of drug-likeness (QED) is 0.695. The highest BCUT2D eigenvalue weighted by molar-refractivity contribution is 4.96. The highest BCUT2D eigenvalue weighted by Crippen LogP contribution is 2.54. The fourth-order valence-electron chi connectivity index (χ4n) is 3.14. The van der Waals surface area contributed by atoms with E-state index in [1.165, 1.54) is 32.1 Å². The van der Waals surface area contributed by atoms with Gasteiger partial charge in [0.1, 0.15) is 0 Å². The molecule has 0 heterocycles. The van der Waals surface area contributed by atoms with E-state index in [1.807, 2.05) is 0 Å². The lowest BCUT2D eigenvalue weighted by molar-refractivity contribution is -0.0632. The number of rotatable bonds is 2. The molecule has 0 bridgehead atoms. The third-order valence-electron chi connectivity index (χ3n) is 4.37. The van der Waals surface area contributed by atoms with Crippen molar-refractivity contribution >= 4 is 0 Å². The molecule has 2 saturated carbocycles. The molecule has 0 saturated heterocycles. The summed E-state index contributed by atoms with van der Waals surface area (Å²) in [6, 6.07) is 0. The molecular weight excluding hydrogens is 160 g/mol. The molecule has 1 heteroatoms. The second-order valence-electron chi connectivity index (χ2n) is 5.33. The van der Waals surface area contributed by atoms with Gasteiger partial charge in [0, 0.05) is 0 Å². The molecule has 76 valence electrons. The number of hydrogen-bond donors (Lipinski definition) is 1. The summed E-state index contributed by atoms with van der Waals surface area (Å²) in [6.45, 7) is 2.17. The van der Waals surface area contributed by atoms with Gasteiger partial charge in [0.25, 0.3) is 0 Å². The largest absolute Gasteiger partial charge is 0.390 e. The van der Waals surface area contributed by atoms with Crippen LogP contribution in [0.15, 0.2) is 0 Å². The first kappa shape index (κ1) is 9.51. The van der Waals surface area contributed by atoms with Crippen molar-refractivity contribution in [2.75, 3.05) is 0 Å². The van der Waals surface area contributed by atoms with Crippen molar-refractivity contribution in [2.24, 2.45) is 5.41 Å². The molecule has 2 aliphatic rings. The van der Waals surface area contributed by atoms with Crippen molar-refractivity contribution in [3.8, 4) is 0 Å². The van der Waals surface area contributed by atoms with E-state index in [0.717, 1.165) is 25.7 Å². The molecule has 13 heavy (non-hydrogen) atoms. The van der Waals surface area contributed by atoms with E-state index in [-0.39, 0.29) is 5.60 Å². The van der Waals surface area contributed by atoms with Crippen LogP contribution in [0.25, 0.3) is 0 Å². The van der Waals surface area contributed by atoms with Gasteiger partial charge in [-0.3, -0.25) is 0 Å². The molecule has 1 N–H and O–H groups in total. The normalized spacial score (nSPS) is 30.0. The van der Waals surface area contributed by atoms with Gasteiger partial charge in [-0.05, 0) is 50.4 Å². The molecule has 2 fully saturated rings. The standard InChI is InChI=1S/C12H22O/c1-2-4-12(13)9-7-11(8-10-12)5-3-6-11/h13H,2-10H2,1H3. The van der Waals surface area contributed by atoms with Gasteiger partial charge in [-0.1, -0.05) is 19.8 Å². The predicted molar refractivity (Wildman–Crippen MR) is 54.6 cm³/mol. The Kier molecular flexibility index (Phi) is 2.39. The third-order valence-corrected chi connectivity index (χ3v) is 4.37. The number of aliphatic hydroxyl groups is 1. The lowest BCUT2D eigenvalue weighted by atomic mass is 9.58. The molecular formula is C12H22O. The van der Waals surface area contributed by atoms with E-state index < -0.39 is 0 Å². The minimum atomic E-state index is -0.282. The third kappa shape index (κ3) is 1.76. The van der Waals surface area contributed by atoms with Crippen molar-refractivity contribution < 1.29 is 5.11 Å². The van der Waals surface area contributed by atoms with Crippen LogP contribution < -0.4 is 0 Å². The Hall–Kier alpha value is -0.0400. The van der Waals surface area contributed by atoms with Gasteiger partial charge in [-0.15, -0.1) is 0 Å². The zero-order chi connectivity index (χ0) is 9.36. The average Bonchev–Trinajstić information content (AvgIpc) is 2.03. The zero-order valence-electron chi connectivity index (χ0n) is 8.81. The Morgan fingerprint density at radius 2 is 1.62 bits per heavy atom. The second-order valence-corrected chi connectivity index (χ2v) is 5.33. The van der Waals surface area contributed by atoms with Crippen molar-refractivity contribution in [1.29, 1.82) is 0 Å². The molecule has 0 amide bonds. The molecule has 1 spiro atoms. The Morgan fingerprint density at radius 3 is 2.00 bits per heavy atom. The maximum atomic E-state index is 10.2. The van der Waals surface area contributed by atoms with Crippen LogP contribution in [0.1, 0.15) is 64.7 Å². The lowest BCUT2D eigenvalue weighted by Gasteiger charge is -2.49. The van der Waals surface area contributed by atoms with E-state index in [0.29, 0.717) is 5.41 Å². The Bertz CT molecular complexity index is 172. The maximum Gasteiger partial charge on any atom is 0.0648 e. The SMILES string of the molecule is CCCC1(O)CCC2(CCC2)CC1. The van der Waals surface area contributed by atoms with Gasteiger partial charge in [-0.2, -0.15) is 0 Å². The summed E-state index contributed by atoms with van der Waals surface area (Å²) in [7, 11) is 0. The Labute approximate surface area is 81.5 Å². The summed E-state index contributed by atoms with van der Waals surface area (Å²) in [6.07, 6.45) is 11.2. The smallest absolute Gasteiger partial charge is 0.0648 e. The molecule has 1 nitrogen and oxygen atoms in total. The van der Waals surface area contributed by atoms with Gasteiger partial charge in [0.05, 0.1) is 5.60 Å². The molecule has 0 aromatic carbocycles. The molecule has 0 aromatic heterocycles. The van der Waals surface area contributed by atoms with Crippen molar-refractivity contribution in [3.63, 3.8) is 0 Å². The van der Waals surface area contributed by atoms with Crippen LogP contribution in [0.5, 0.6) is 0 Å². The topological polar surface area (TPSA) is 20.2 Å². The molecule has 0 atom stereocenters. The summed E-state index contributed by atoms with van der Waals surface area (Å²) < 4.78 is 0. The van der Waals surface area contributed by atoms with E-state index in [4.69, 9.17) is 0 Å². The van der Waals surface area contributed by atoms with E-state index in [9.17, 15) is 5.11 Å². The summed E-state index contributed by atoms with van der Waals surface area (Å²) in [5.74, 6) is 0. The van der Waals surface area contributed by atoms with Crippen LogP contribution in [0.2, 0.25) is 0 Å². The maximum absolute atomic E-state index is 10.2. The molecule has 2 rings (SSSR count). The summed E-state index contributed by atoms with van der Waals surface area (Å²) >= 11 is 0. The summed E-state index contributed by atoms with van der Waals surface area (Å²) in [4.78, 5) is 0. The first-order valence-corrected chi connectivity index (χ1v) is 5.91. The zero-order valence-corrected chi connectivity index (χ0v) is 8.81. The number of hydrogen-bond acceptors (Lipinski definition) is 1. The van der Waals surface area contributed by atoms with Crippen LogP contribution in [-0.4, -0.2) is 10.7 Å². The van der Waals surface area contributed by atoms with E-state index in [2.05, 4.69) is 6.92 Å². The molecule has 0 unspecified atom stereocenters. The first-order chi connectivity index (χ1) is 6.18. The van der Waals surface area contributed by atoms with Gasteiger partial charge >= 0.3 is 0 Å². The molecule has 0 radical (unpaired) electrons. The monoisotopic (exact) mass is 182 g/mol. The summed E-state index contributed by atoms with van der Waals surface area (Å²) in [5.41, 5.74) is 0.412. The van der Waals surface area contributed by atoms with Crippen molar-refractivity contribution in [2.45, 2.75) is 70.3 Å². The van der Waals surface area contributed by atoms with Crippen molar-refractivity contribution in [3.05, 3.63) is 0 Å². The minimum Gasteiger partial charge on any atom is -0.390 e. The minimum absolute atomic E-state index is 0.282. The predicted octanol–water partition coefficient (Wildman–Crippen LogP) is 3.26. The summed E-state index contributed by atoms with van der Waals surface area (Å²) in [5, 5.41) is 10.2. The Balaban J connectivity index is 1.87. The molecule has 0 aliphatic heterocycles. The van der Waals surface area contributed by atoms with Crippen LogP contribution in [0.3, 0.4) is 0 Å². The van der Waals surface area contributed by atoms with Crippen LogP contribution in [0, 0.1) is 5.41 Å². The fourth-order valence-corrected chi connectivity index (χ4v) is 3.14. The van der Waals surface area contributed by atoms with Crippen LogP contribution in [0.4, 0.5) is 0 Å². The van der Waals surface area contributed by atoms with E-state index >= 15 is 0 Å². The fraction of sp³-hybridized carbons (Fsp3) is 1.00. The molecule has 0 aromatic rings. The van der Waals surface area contributed by atoms with Gasteiger partial charge in [0.2, 0.25) is 0 Å². The highest BCUT2D eigenvalue weighted by atomic mass is 16.3. The van der Waals surface area contributed by atoms with Crippen LogP contribution in [-0.2, 0) is 0 Å². The van der Waals surface area contributed by atoms with Gasteiger partial charge in [-0.25, -0.2) is 0 Å². The van der Waals surface area contributed by atoms with Crippen molar-refractivity contribution in [1.82, 2.24) is 0 Å². The Morgan fingerprint density at radius 1 is 1.00 bits per heavy atom. The molecule has 2 aliphatic carbocycles. The average molecular weight is 182 g/mol. The van der Waals surface area contributed by atoms with E-state index in [1.54, 1.807) is 0 Å². The van der Waals surface area contributed by atoms with Gasteiger partial charge < -0.3 is 5.11 Å². The van der Waals surface area contributed by atoms with Crippen LogP contribution >= 0.6 is 0 Å². The lowest BCUT2D eigenvalue weighted by Crippen LogP contribution is -2.42. The van der Waals surface area contributed by atoms with Gasteiger partial charge in [0.15, 0.2) is 0 Å². The highest BCUT2D eigenvalue weighted by Gasteiger charge is 2.44.